The molecule has 124 valence electrons. The second kappa shape index (κ2) is 8.70. The monoisotopic (exact) mass is 330 g/mol. The van der Waals surface area contributed by atoms with Crippen molar-refractivity contribution in [2.24, 2.45) is 0 Å². The Morgan fingerprint density at radius 2 is 1.64 bits per heavy atom. The van der Waals surface area contributed by atoms with Crippen LogP contribution in [0.3, 0.4) is 0 Å². The van der Waals surface area contributed by atoms with Crippen molar-refractivity contribution in [1.82, 2.24) is 9.80 Å². The molecule has 1 aromatic rings. The topological polar surface area (TPSA) is 51.2 Å². The van der Waals surface area contributed by atoms with Gasteiger partial charge in [-0.1, -0.05) is 6.07 Å². The van der Waals surface area contributed by atoms with Crippen LogP contribution in [0.5, 0.6) is 17.2 Å². The molecule has 1 aliphatic heterocycles. The maximum Gasteiger partial charge on any atom is 0.209 e. The van der Waals surface area contributed by atoms with Gasteiger partial charge in [-0.25, -0.2) is 0 Å². The predicted molar refractivity (Wildman–Crippen MR) is 86.3 cm³/mol. The summed E-state index contributed by atoms with van der Waals surface area (Å²) in [6.45, 7) is 4.00. The summed E-state index contributed by atoms with van der Waals surface area (Å²) in [5, 5.41) is 0. The third-order valence-electron chi connectivity index (χ3n) is 3.74. The number of halogens is 1. The number of piperazine rings is 1. The minimum Gasteiger partial charge on any atom is -0.493 e. The molecule has 0 atom stereocenters. The van der Waals surface area contributed by atoms with E-state index in [-0.39, 0.29) is 12.4 Å². The molecule has 2 rings (SSSR count). The van der Waals surface area contributed by atoms with Crippen molar-refractivity contribution in [3.05, 3.63) is 17.7 Å². The highest BCUT2D eigenvalue weighted by molar-refractivity contribution is 5.85. The number of hydrogen-bond acceptors (Lipinski definition) is 5. The lowest BCUT2D eigenvalue weighted by atomic mass is 10.1. The lowest BCUT2D eigenvalue weighted by molar-refractivity contribution is -0.119. The fourth-order valence-corrected chi connectivity index (χ4v) is 2.56. The Kier molecular flexibility index (Phi) is 7.27. The molecule has 6 nitrogen and oxygen atoms in total. The van der Waals surface area contributed by atoms with Crippen LogP contribution < -0.4 is 14.2 Å². The molecule has 0 unspecified atom stereocenters. The number of rotatable bonds is 6. The molecular formula is C15H23ClN2O4. The van der Waals surface area contributed by atoms with E-state index in [4.69, 9.17) is 14.2 Å². The van der Waals surface area contributed by atoms with E-state index in [9.17, 15) is 4.79 Å². The summed E-state index contributed by atoms with van der Waals surface area (Å²) in [6.07, 6.45) is 0.911. The summed E-state index contributed by atoms with van der Waals surface area (Å²) < 4.78 is 16.2. The first-order valence-electron chi connectivity index (χ1n) is 6.93. The summed E-state index contributed by atoms with van der Waals surface area (Å²) in [4.78, 5) is 14.8. The highest BCUT2D eigenvalue weighted by atomic mass is 35.5. The molecule has 22 heavy (non-hydrogen) atoms. The van der Waals surface area contributed by atoms with Gasteiger partial charge in [-0.2, -0.15) is 0 Å². The molecule has 0 aromatic heterocycles. The molecule has 7 heteroatoms. The first kappa shape index (κ1) is 18.4. The quantitative estimate of drug-likeness (QED) is 0.738. The van der Waals surface area contributed by atoms with Gasteiger partial charge in [-0.15, -0.1) is 12.4 Å². The van der Waals surface area contributed by atoms with Gasteiger partial charge in [0.25, 0.3) is 0 Å². The molecule has 0 saturated carbocycles. The number of carbonyl (C=O) groups excluding carboxylic acids is 1. The van der Waals surface area contributed by atoms with Crippen molar-refractivity contribution in [3.63, 3.8) is 0 Å². The average Bonchev–Trinajstić information content (AvgIpc) is 2.54. The molecule has 0 N–H and O–H groups in total. The zero-order chi connectivity index (χ0) is 15.2. The summed E-state index contributed by atoms with van der Waals surface area (Å²) in [6, 6.07) is 3.88. The van der Waals surface area contributed by atoms with Gasteiger partial charge in [0.2, 0.25) is 12.2 Å². The highest BCUT2D eigenvalue weighted by Gasteiger charge is 2.20. The molecule has 0 bridgehead atoms. The maximum atomic E-state index is 10.7. The van der Waals surface area contributed by atoms with Gasteiger partial charge in [0.05, 0.1) is 21.3 Å². The Morgan fingerprint density at radius 1 is 1.00 bits per heavy atom. The minimum atomic E-state index is 0. The SMILES string of the molecule is COc1ccc(CN2CCN(C=O)CC2)c(OC)c1OC.Cl. The molecule has 1 heterocycles. The van der Waals surface area contributed by atoms with E-state index in [1.807, 2.05) is 12.1 Å². The number of benzene rings is 1. The van der Waals surface area contributed by atoms with Crippen molar-refractivity contribution in [1.29, 1.82) is 0 Å². The Morgan fingerprint density at radius 3 is 2.14 bits per heavy atom. The first-order chi connectivity index (χ1) is 10.2. The Bertz CT molecular complexity index is 491. The van der Waals surface area contributed by atoms with Crippen LogP contribution in [0.15, 0.2) is 12.1 Å². The van der Waals surface area contributed by atoms with Crippen molar-refractivity contribution in [2.75, 3.05) is 47.5 Å². The van der Waals surface area contributed by atoms with Crippen LogP contribution in [0.25, 0.3) is 0 Å². The van der Waals surface area contributed by atoms with Gasteiger partial charge in [0, 0.05) is 38.3 Å². The molecule has 1 aliphatic rings. The van der Waals surface area contributed by atoms with Crippen LogP contribution in [0.2, 0.25) is 0 Å². The average molecular weight is 331 g/mol. The second-order valence-corrected chi connectivity index (χ2v) is 4.91. The van der Waals surface area contributed by atoms with Crippen molar-refractivity contribution < 1.29 is 19.0 Å². The summed E-state index contributed by atoms with van der Waals surface area (Å²) in [5.41, 5.74) is 1.05. The van der Waals surface area contributed by atoms with E-state index in [1.54, 1.807) is 26.2 Å². The Labute approximate surface area is 137 Å². The van der Waals surface area contributed by atoms with Gasteiger partial charge in [0.1, 0.15) is 0 Å². The number of amides is 1. The van der Waals surface area contributed by atoms with E-state index in [1.165, 1.54) is 0 Å². The van der Waals surface area contributed by atoms with Crippen LogP contribution in [-0.4, -0.2) is 63.7 Å². The number of ether oxygens (including phenoxy) is 3. The van der Waals surface area contributed by atoms with Crippen LogP contribution in [0, 0.1) is 0 Å². The second-order valence-electron chi connectivity index (χ2n) is 4.91. The molecular weight excluding hydrogens is 308 g/mol. The van der Waals surface area contributed by atoms with Crippen molar-refractivity contribution in [3.8, 4) is 17.2 Å². The summed E-state index contributed by atoms with van der Waals surface area (Å²) >= 11 is 0. The van der Waals surface area contributed by atoms with E-state index in [0.29, 0.717) is 17.2 Å². The lowest BCUT2D eigenvalue weighted by Crippen LogP contribution is -2.45. The van der Waals surface area contributed by atoms with Gasteiger partial charge < -0.3 is 19.1 Å². The fraction of sp³-hybridized carbons (Fsp3) is 0.533. The first-order valence-corrected chi connectivity index (χ1v) is 6.93. The number of hydrogen-bond donors (Lipinski definition) is 0. The van der Waals surface area contributed by atoms with Gasteiger partial charge in [0.15, 0.2) is 11.5 Å². The summed E-state index contributed by atoms with van der Waals surface area (Å²) in [7, 11) is 4.84. The predicted octanol–water partition coefficient (Wildman–Crippen LogP) is 1.41. The van der Waals surface area contributed by atoms with E-state index in [0.717, 1.165) is 44.7 Å². The summed E-state index contributed by atoms with van der Waals surface area (Å²) in [5.74, 6) is 1.97. The van der Waals surface area contributed by atoms with Crippen LogP contribution >= 0.6 is 12.4 Å². The number of carbonyl (C=O) groups is 1. The lowest BCUT2D eigenvalue weighted by Gasteiger charge is -2.32. The van der Waals surface area contributed by atoms with Crippen LogP contribution in [-0.2, 0) is 11.3 Å². The standard InChI is InChI=1S/C15H22N2O4.ClH/c1-19-13-5-4-12(14(20-2)15(13)21-3)10-16-6-8-17(11-18)9-7-16;/h4-5,11H,6-10H2,1-3H3;1H. The molecule has 1 saturated heterocycles. The molecule has 1 fully saturated rings. The Hall–Kier alpha value is -1.66. The van der Waals surface area contributed by atoms with E-state index in [2.05, 4.69) is 4.90 Å². The highest BCUT2D eigenvalue weighted by Crippen LogP contribution is 2.40. The normalized spacial score (nSPS) is 15.0. The molecule has 0 spiro atoms. The largest absolute Gasteiger partial charge is 0.493 e. The zero-order valence-electron chi connectivity index (χ0n) is 13.2. The smallest absolute Gasteiger partial charge is 0.209 e. The zero-order valence-corrected chi connectivity index (χ0v) is 14.0. The Balaban J connectivity index is 0.00000242. The van der Waals surface area contributed by atoms with Gasteiger partial charge >= 0.3 is 0 Å². The van der Waals surface area contributed by atoms with E-state index < -0.39 is 0 Å². The molecule has 0 aliphatic carbocycles. The fourth-order valence-electron chi connectivity index (χ4n) is 2.56. The van der Waals surface area contributed by atoms with Crippen molar-refractivity contribution in [2.45, 2.75) is 6.54 Å². The molecule has 0 radical (unpaired) electrons. The number of nitrogens with zero attached hydrogens (tertiary/aromatic N) is 2. The van der Waals surface area contributed by atoms with Crippen LogP contribution in [0.1, 0.15) is 5.56 Å². The van der Waals surface area contributed by atoms with Gasteiger partial charge in [-0.05, 0) is 6.07 Å². The van der Waals surface area contributed by atoms with E-state index >= 15 is 0 Å². The van der Waals surface area contributed by atoms with Gasteiger partial charge in [-0.3, -0.25) is 9.69 Å². The maximum absolute atomic E-state index is 10.7. The minimum absolute atomic E-state index is 0. The van der Waals surface area contributed by atoms with Crippen molar-refractivity contribution >= 4 is 18.8 Å². The third-order valence-corrected chi connectivity index (χ3v) is 3.74. The molecule has 1 amide bonds. The number of methoxy groups -OCH3 is 3. The third kappa shape index (κ3) is 3.96. The molecule has 1 aromatic carbocycles. The van der Waals surface area contributed by atoms with Crippen LogP contribution in [0.4, 0.5) is 0 Å².